The summed E-state index contributed by atoms with van der Waals surface area (Å²) in [6.45, 7) is 11.0. The van der Waals surface area contributed by atoms with E-state index in [1.807, 2.05) is 14.0 Å². The lowest BCUT2D eigenvalue weighted by Gasteiger charge is -2.40. The minimum absolute atomic E-state index is 0.512. The van der Waals surface area contributed by atoms with Crippen molar-refractivity contribution in [3.05, 3.63) is 11.4 Å². The van der Waals surface area contributed by atoms with Gasteiger partial charge in [-0.15, -0.1) is 0 Å². The third kappa shape index (κ3) is 2.82. The maximum atomic E-state index is 4.65. The van der Waals surface area contributed by atoms with Crippen LogP contribution >= 0.6 is 0 Å². The molecule has 0 unspecified atom stereocenters. The molecule has 106 valence electrons. The van der Waals surface area contributed by atoms with Crippen LogP contribution in [0.3, 0.4) is 0 Å². The van der Waals surface area contributed by atoms with E-state index in [0.717, 1.165) is 36.1 Å². The number of anilines is 2. The van der Waals surface area contributed by atoms with Crippen LogP contribution in [0.25, 0.3) is 0 Å². The second-order valence-electron chi connectivity index (χ2n) is 5.97. The van der Waals surface area contributed by atoms with E-state index in [4.69, 9.17) is 0 Å². The molecule has 1 aliphatic heterocycles. The Hall–Kier alpha value is -1.32. The summed E-state index contributed by atoms with van der Waals surface area (Å²) in [7, 11) is 1.92. The van der Waals surface area contributed by atoms with Gasteiger partial charge in [0.1, 0.15) is 17.5 Å². The normalized spacial score (nSPS) is 18.5. The molecule has 0 amide bonds. The van der Waals surface area contributed by atoms with Crippen molar-refractivity contribution in [2.24, 2.45) is 5.41 Å². The van der Waals surface area contributed by atoms with Gasteiger partial charge in [-0.2, -0.15) is 0 Å². The summed E-state index contributed by atoms with van der Waals surface area (Å²) >= 11 is 0. The number of hydrogen-bond acceptors (Lipinski definition) is 4. The van der Waals surface area contributed by atoms with Gasteiger partial charge < -0.3 is 10.2 Å². The molecular weight excluding hydrogens is 236 g/mol. The van der Waals surface area contributed by atoms with Crippen molar-refractivity contribution in [3.63, 3.8) is 0 Å². The Balaban J connectivity index is 2.22. The molecule has 19 heavy (non-hydrogen) atoms. The van der Waals surface area contributed by atoms with Crippen molar-refractivity contribution in [2.75, 3.05) is 30.4 Å². The van der Waals surface area contributed by atoms with Crippen LogP contribution in [0.4, 0.5) is 11.6 Å². The molecule has 1 fully saturated rings. The van der Waals surface area contributed by atoms with Gasteiger partial charge in [-0.3, -0.25) is 0 Å². The Morgan fingerprint density at radius 1 is 1.21 bits per heavy atom. The Labute approximate surface area is 116 Å². The SMILES string of the molecule is CCC1(C)CCN(c2nc(C)nc(NC)c2C)CC1. The molecule has 1 aliphatic rings. The van der Waals surface area contributed by atoms with Gasteiger partial charge in [-0.05, 0) is 32.1 Å². The van der Waals surface area contributed by atoms with Crippen molar-refractivity contribution < 1.29 is 0 Å². The van der Waals surface area contributed by atoms with E-state index >= 15 is 0 Å². The first-order valence-electron chi connectivity index (χ1n) is 7.27. The lowest BCUT2D eigenvalue weighted by molar-refractivity contribution is 0.237. The number of aryl methyl sites for hydroxylation is 1. The minimum Gasteiger partial charge on any atom is -0.373 e. The fourth-order valence-corrected chi connectivity index (χ4v) is 2.78. The predicted octanol–water partition coefficient (Wildman–Crippen LogP) is 3.15. The highest BCUT2D eigenvalue weighted by molar-refractivity contribution is 5.58. The fourth-order valence-electron chi connectivity index (χ4n) is 2.78. The van der Waals surface area contributed by atoms with Gasteiger partial charge in [0, 0.05) is 25.7 Å². The van der Waals surface area contributed by atoms with Crippen molar-refractivity contribution in [1.29, 1.82) is 0 Å². The highest BCUT2D eigenvalue weighted by atomic mass is 15.2. The first-order valence-corrected chi connectivity index (χ1v) is 7.27. The zero-order valence-electron chi connectivity index (χ0n) is 12.9. The average molecular weight is 262 g/mol. The third-order valence-electron chi connectivity index (χ3n) is 4.59. The van der Waals surface area contributed by atoms with E-state index in [1.54, 1.807) is 0 Å². The number of nitrogens with one attached hydrogen (secondary N) is 1. The molecule has 0 saturated carbocycles. The van der Waals surface area contributed by atoms with Crippen LogP contribution in [-0.2, 0) is 0 Å². The summed E-state index contributed by atoms with van der Waals surface area (Å²) in [6, 6.07) is 0. The standard InChI is InChI=1S/C15H26N4/c1-6-15(4)7-9-19(10-8-15)14-11(2)13(16-5)17-12(3)18-14/h6-10H2,1-5H3,(H,16,17,18). The molecule has 1 aromatic rings. The van der Waals surface area contributed by atoms with Crippen LogP contribution in [0.5, 0.6) is 0 Å². The predicted molar refractivity (Wildman–Crippen MR) is 80.9 cm³/mol. The van der Waals surface area contributed by atoms with Crippen molar-refractivity contribution >= 4 is 11.6 Å². The van der Waals surface area contributed by atoms with Gasteiger partial charge in [0.25, 0.3) is 0 Å². The van der Waals surface area contributed by atoms with Gasteiger partial charge in [0.05, 0.1) is 0 Å². The van der Waals surface area contributed by atoms with E-state index < -0.39 is 0 Å². The van der Waals surface area contributed by atoms with Gasteiger partial charge >= 0.3 is 0 Å². The molecule has 1 saturated heterocycles. The minimum atomic E-state index is 0.512. The zero-order valence-corrected chi connectivity index (χ0v) is 12.9. The van der Waals surface area contributed by atoms with E-state index in [2.05, 4.69) is 41.0 Å². The van der Waals surface area contributed by atoms with E-state index in [0.29, 0.717) is 5.41 Å². The molecule has 2 rings (SSSR count). The summed E-state index contributed by atoms with van der Waals surface area (Å²) in [5.74, 6) is 2.90. The summed E-state index contributed by atoms with van der Waals surface area (Å²) in [5.41, 5.74) is 1.67. The van der Waals surface area contributed by atoms with Crippen LogP contribution in [0, 0.1) is 19.3 Å². The fraction of sp³-hybridized carbons (Fsp3) is 0.733. The smallest absolute Gasteiger partial charge is 0.137 e. The number of rotatable bonds is 3. The van der Waals surface area contributed by atoms with Crippen molar-refractivity contribution in [1.82, 2.24) is 9.97 Å². The second-order valence-corrected chi connectivity index (χ2v) is 5.97. The molecule has 0 radical (unpaired) electrons. The van der Waals surface area contributed by atoms with Crippen molar-refractivity contribution in [3.8, 4) is 0 Å². The Morgan fingerprint density at radius 3 is 2.37 bits per heavy atom. The maximum absolute atomic E-state index is 4.65. The summed E-state index contributed by atoms with van der Waals surface area (Å²) in [5, 5.41) is 3.17. The molecule has 1 aromatic heterocycles. The van der Waals surface area contributed by atoms with Crippen LogP contribution in [0.15, 0.2) is 0 Å². The summed E-state index contributed by atoms with van der Waals surface area (Å²) in [6.07, 6.45) is 3.77. The third-order valence-corrected chi connectivity index (χ3v) is 4.59. The van der Waals surface area contributed by atoms with Crippen LogP contribution in [0.2, 0.25) is 0 Å². The molecule has 0 aromatic carbocycles. The molecule has 2 heterocycles. The first kappa shape index (κ1) is 14.1. The lowest BCUT2D eigenvalue weighted by Crippen LogP contribution is -2.39. The number of piperidine rings is 1. The van der Waals surface area contributed by atoms with Crippen LogP contribution in [0.1, 0.15) is 44.5 Å². The molecule has 4 nitrogen and oxygen atoms in total. The Kier molecular flexibility index (Phi) is 3.97. The average Bonchev–Trinajstić information content (AvgIpc) is 2.42. The van der Waals surface area contributed by atoms with Gasteiger partial charge in [-0.25, -0.2) is 9.97 Å². The van der Waals surface area contributed by atoms with E-state index in [-0.39, 0.29) is 0 Å². The van der Waals surface area contributed by atoms with Crippen molar-refractivity contribution in [2.45, 2.75) is 47.0 Å². The quantitative estimate of drug-likeness (QED) is 0.908. The molecule has 0 aliphatic carbocycles. The maximum Gasteiger partial charge on any atom is 0.137 e. The number of aromatic nitrogens is 2. The topological polar surface area (TPSA) is 41.1 Å². The summed E-state index contributed by atoms with van der Waals surface area (Å²) < 4.78 is 0. The van der Waals surface area contributed by atoms with E-state index in [9.17, 15) is 0 Å². The van der Waals surface area contributed by atoms with Gasteiger partial charge in [0.15, 0.2) is 0 Å². The highest BCUT2D eigenvalue weighted by Crippen LogP contribution is 2.36. The van der Waals surface area contributed by atoms with Crippen LogP contribution in [-0.4, -0.2) is 30.1 Å². The van der Waals surface area contributed by atoms with E-state index in [1.165, 1.54) is 19.3 Å². The lowest BCUT2D eigenvalue weighted by atomic mass is 9.78. The van der Waals surface area contributed by atoms with Gasteiger partial charge in [-0.1, -0.05) is 20.3 Å². The largest absolute Gasteiger partial charge is 0.373 e. The number of nitrogens with zero attached hydrogens (tertiary/aromatic N) is 3. The Morgan fingerprint density at radius 2 is 1.84 bits per heavy atom. The second kappa shape index (κ2) is 5.35. The highest BCUT2D eigenvalue weighted by Gasteiger charge is 2.29. The van der Waals surface area contributed by atoms with Crippen LogP contribution < -0.4 is 10.2 Å². The molecular formula is C15H26N4. The molecule has 4 heteroatoms. The number of hydrogen-bond donors (Lipinski definition) is 1. The molecule has 1 N–H and O–H groups in total. The Bertz CT molecular complexity index is 448. The first-order chi connectivity index (χ1) is 8.99. The zero-order chi connectivity index (χ0) is 14.0. The molecule has 0 bridgehead atoms. The molecule has 0 spiro atoms. The summed E-state index contributed by atoms with van der Waals surface area (Å²) in [4.78, 5) is 11.5. The monoisotopic (exact) mass is 262 g/mol. The molecule has 0 atom stereocenters. The van der Waals surface area contributed by atoms with Gasteiger partial charge in [0.2, 0.25) is 0 Å².